The van der Waals surface area contributed by atoms with Gasteiger partial charge in [0.05, 0.1) is 12.7 Å². The first kappa shape index (κ1) is 13.6. The molecule has 1 saturated heterocycles. The van der Waals surface area contributed by atoms with Gasteiger partial charge >= 0.3 is 5.97 Å². The van der Waals surface area contributed by atoms with E-state index in [2.05, 4.69) is 17.4 Å². The minimum Gasteiger partial charge on any atom is -0.465 e. The van der Waals surface area contributed by atoms with Crippen LogP contribution >= 0.6 is 0 Å². The summed E-state index contributed by atoms with van der Waals surface area (Å²) in [7, 11) is 1.42. The summed E-state index contributed by atoms with van der Waals surface area (Å²) in [5.41, 5.74) is 1.92. The van der Waals surface area contributed by atoms with Crippen molar-refractivity contribution in [3.8, 4) is 0 Å². The fourth-order valence-corrected chi connectivity index (χ4v) is 3.51. The van der Waals surface area contributed by atoms with Crippen LogP contribution in [-0.4, -0.2) is 19.6 Å². The molecule has 20 heavy (non-hydrogen) atoms. The molecule has 0 bridgehead atoms. The van der Waals surface area contributed by atoms with Crippen molar-refractivity contribution in [2.24, 2.45) is 11.8 Å². The van der Waals surface area contributed by atoms with E-state index in [4.69, 9.17) is 4.74 Å². The van der Waals surface area contributed by atoms with E-state index in [1.165, 1.54) is 44.8 Å². The molecule has 1 heterocycles. The van der Waals surface area contributed by atoms with Crippen molar-refractivity contribution < 1.29 is 9.53 Å². The van der Waals surface area contributed by atoms with E-state index >= 15 is 0 Å². The quantitative estimate of drug-likeness (QED) is 0.859. The second kappa shape index (κ2) is 5.96. The number of carbonyl (C=O) groups is 1. The average molecular weight is 273 g/mol. The number of methoxy groups -OCH3 is 1. The van der Waals surface area contributed by atoms with Gasteiger partial charge in [0.2, 0.25) is 0 Å². The normalized spacial score (nSPS) is 26.9. The van der Waals surface area contributed by atoms with E-state index < -0.39 is 0 Å². The fourth-order valence-electron chi connectivity index (χ4n) is 3.51. The van der Waals surface area contributed by atoms with Crippen molar-refractivity contribution >= 4 is 5.97 Å². The molecule has 3 nitrogen and oxygen atoms in total. The van der Waals surface area contributed by atoms with Crippen LogP contribution < -0.4 is 5.32 Å². The highest BCUT2D eigenvalue weighted by atomic mass is 16.5. The smallest absolute Gasteiger partial charge is 0.337 e. The van der Waals surface area contributed by atoms with E-state index in [0.29, 0.717) is 11.6 Å². The molecule has 1 aliphatic heterocycles. The van der Waals surface area contributed by atoms with E-state index in [9.17, 15) is 4.79 Å². The Labute approximate surface area is 120 Å². The summed E-state index contributed by atoms with van der Waals surface area (Å²) >= 11 is 0. The van der Waals surface area contributed by atoms with Gasteiger partial charge in [0.1, 0.15) is 0 Å². The summed E-state index contributed by atoms with van der Waals surface area (Å²) in [6, 6.07) is 8.31. The second-order valence-corrected chi connectivity index (χ2v) is 6.10. The van der Waals surface area contributed by atoms with E-state index in [1.54, 1.807) is 0 Å². The predicted octanol–water partition coefficient (Wildman–Crippen LogP) is 3.31. The third kappa shape index (κ3) is 2.73. The molecule has 0 amide bonds. The largest absolute Gasteiger partial charge is 0.465 e. The lowest BCUT2D eigenvalue weighted by atomic mass is 9.70. The van der Waals surface area contributed by atoms with Crippen molar-refractivity contribution in [2.75, 3.05) is 13.7 Å². The number of hydrogen-bond acceptors (Lipinski definition) is 3. The first-order valence-corrected chi connectivity index (χ1v) is 7.69. The number of rotatable bonds is 3. The highest BCUT2D eigenvalue weighted by Gasteiger charge is 2.31. The minimum absolute atomic E-state index is 0.263. The lowest BCUT2D eigenvalue weighted by molar-refractivity contribution is 0.0600. The summed E-state index contributed by atoms with van der Waals surface area (Å²) < 4.78 is 4.74. The van der Waals surface area contributed by atoms with Crippen molar-refractivity contribution in [1.29, 1.82) is 0 Å². The minimum atomic E-state index is -0.263. The first-order valence-electron chi connectivity index (χ1n) is 7.69. The molecule has 1 aliphatic carbocycles. The Hall–Kier alpha value is -1.35. The molecule has 3 rings (SSSR count). The van der Waals surface area contributed by atoms with Gasteiger partial charge in [-0.1, -0.05) is 31.4 Å². The Bertz CT molecular complexity index is 464. The summed E-state index contributed by atoms with van der Waals surface area (Å²) in [6.45, 7) is 1.12. The number of benzene rings is 1. The van der Waals surface area contributed by atoms with E-state index in [-0.39, 0.29) is 5.97 Å². The van der Waals surface area contributed by atoms with Gasteiger partial charge in [-0.15, -0.1) is 0 Å². The number of piperidine rings is 1. The zero-order chi connectivity index (χ0) is 13.9. The van der Waals surface area contributed by atoms with Gasteiger partial charge in [-0.05, 0) is 48.9 Å². The van der Waals surface area contributed by atoms with E-state index in [1.807, 2.05) is 12.1 Å². The first-order chi connectivity index (χ1) is 9.78. The molecule has 0 radical (unpaired) electrons. The Kier molecular flexibility index (Phi) is 4.06. The lowest BCUT2D eigenvalue weighted by Gasteiger charge is -2.39. The number of nitrogens with one attached hydrogen (secondary N) is 1. The molecule has 2 atom stereocenters. The SMILES string of the molecule is COC(=O)c1ccc(C2CC(C3CCC3)CCN2)cc1. The van der Waals surface area contributed by atoms with Crippen LogP contribution in [0.15, 0.2) is 24.3 Å². The molecule has 2 fully saturated rings. The second-order valence-electron chi connectivity index (χ2n) is 6.10. The molecule has 1 aromatic rings. The summed E-state index contributed by atoms with van der Waals surface area (Å²) in [4.78, 5) is 11.5. The zero-order valence-electron chi connectivity index (χ0n) is 12.1. The molecular weight excluding hydrogens is 250 g/mol. The van der Waals surface area contributed by atoms with Crippen LogP contribution in [-0.2, 0) is 4.74 Å². The summed E-state index contributed by atoms with van der Waals surface area (Å²) in [6.07, 6.45) is 6.84. The van der Waals surface area contributed by atoms with Crippen molar-refractivity contribution in [3.63, 3.8) is 0 Å². The van der Waals surface area contributed by atoms with Gasteiger partial charge in [-0.25, -0.2) is 4.79 Å². The maximum absolute atomic E-state index is 11.5. The molecule has 1 aromatic carbocycles. The maximum atomic E-state index is 11.5. The van der Waals surface area contributed by atoms with Crippen molar-refractivity contribution in [1.82, 2.24) is 5.32 Å². The predicted molar refractivity (Wildman–Crippen MR) is 78.6 cm³/mol. The Morgan fingerprint density at radius 2 is 1.90 bits per heavy atom. The standard InChI is InChI=1S/C17H23NO2/c1-20-17(19)14-7-5-13(6-8-14)16-11-15(9-10-18-16)12-3-2-4-12/h5-8,12,15-16,18H,2-4,9-11H2,1H3. The summed E-state index contributed by atoms with van der Waals surface area (Å²) in [5.74, 6) is 1.59. The molecule has 0 spiro atoms. The molecule has 2 unspecified atom stereocenters. The van der Waals surface area contributed by atoms with Gasteiger partial charge in [0.15, 0.2) is 0 Å². The maximum Gasteiger partial charge on any atom is 0.337 e. The molecule has 3 heteroatoms. The van der Waals surface area contributed by atoms with E-state index in [0.717, 1.165) is 18.4 Å². The van der Waals surface area contributed by atoms with Gasteiger partial charge in [0.25, 0.3) is 0 Å². The Balaban J connectivity index is 1.67. The monoisotopic (exact) mass is 273 g/mol. The van der Waals surface area contributed by atoms with Crippen LogP contribution in [0.1, 0.15) is 54.1 Å². The number of carbonyl (C=O) groups excluding carboxylic acids is 1. The van der Waals surface area contributed by atoms with Crippen molar-refractivity contribution in [3.05, 3.63) is 35.4 Å². The molecule has 0 aromatic heterocycles. The van der Waals surface area contributed by atoms with Gasteiger partial charge in [0, 0.05) is 6.04 Å². The molecule has 1 saturated carbocycles. The molecule has 1 N–H and O–H groups in total. The molecule has 108 valence electrons. The van der Waals surface area contributed by atoms with Crippen molar-refractivity contribution in [2.45, 2.75) is 38.1 Å². The third-order valence-corrected chi connectivity index (χ3v) is 4.99. The fraction of sp³-hybridized carbons (Fsp3) is 0.588. The Morgan fingerprint density at radius 3 is 2.50 bits per heavy atom. The van der Waals surface area contributed by atoms with Crippen LogP contribution in [0.25, 0.3) is 0 Å². The molecular formula is C17H23NO2. The van der Waals surface area contributed by atoms with Crippen LogP contribution in [0.2, 0.25) is 0 Å². The topological polar surface area (TPSA) is 38.3 Å². The number of ether oxygens (including phenoxy) is 1. The van der Waals surface area contributed by atoms with Crippen LogP contribution in [0.4, 0.5) is 0 Å². The van der Waals surface area contributed by atoms with Crippen LogP contribution in [0.3, 0.4) is 0 Å². The van der Waals surface area contributed by atoms with Crippen LogP contribution in [0, 0.1) is 11.8 Å². The number of hydrogen-bond donors (Lipinski definition) is 1. The highest BCUT2D eigenvalue weighted by molar-refractivity contribution is 5.89. The number of esters is 1. The summed E-state index contributed by atoms with van der Waals surface area (Å²) in [5, 5.41) is 3.61. The lowest BCUT2D eigenvalue weighted by Crippen LogP contribution is -2.36. The average Bonchev–Trinajstić information content (AvgIpc) is 2.45. The van der Waals surface area contributed by atoms with Gasteiger partial charge in [-0.3, -0.25) is 0 Å². The van der Waals surface area contributed by atoms with Gasteiger partial charge < -0.3 is 10.1 Å². The van der Waals surface area contributed by atoms with Crippen LogP contribution in [0.5, 0.6) is 0 Å². The zero-order valence-corrected chi connectivity index (χ0v) is 12.1. The van der Waals surface area contributed by atoms with Gasteiger partial charge in [-0.2, -0.15) is 0 Å². The highest BCUT2D eigenvalue weighted by Crippen LogP contribution is 2.41. The Morgan fingerprint density at radius 1 is 1.15 bits per heavy atom. The third-order valence-electron chi connectivity index (χ3n) is 4.99. The molecule has 2 aliphatic rings.